The van der Waals surface area contributed by atoms with E-state index >= 15 is 0 Å². The number of phenolic OH excluding ortho intramolecular Hbond substituents is 1. The summed E-state index contributed by atoms with van der Waals surface area (Å²) in [4.78, 5) is 40.4. The topological polar surface area (TPSA) is 97.0 Å². The summed E-state index contributed by atoms with van der Waals surface area (Å²) in [7, 11) is 1.41. The SMILES string of the molecule is COc1cc(C2c3c(oc4ccc(Cl)cc4c3=O)C(=O)N2c2ccc(C(C)=O)cc2)ccc1O. The number of fused-ring (bicyclic) bond motifs is 2. The summed E-state index contributed by atoms with van der Waals surface area (Å²) in [6.45, 7) is 1.46. The number of aromatic hydroxyl groups is 1. The molecule has 1 atom stereocenters. The number of amides is 1. The fourth-order valence-electron chi connectivity index (χ4n) is 4.25. The molecule has 1 N–H and O–H groups in total. The van der Waals surface area contributed by atoms with E-state index in [9.17, 15) is 19.5 Å². The van der Waals surface area contributed by atoms with E-state index in [4.69, 9.17) is 20.8 Å². The average Bonchev–Trinajstić information content (AvgIpc) is 3.12. The Morgan fingerprint density at radius 3 is 2.47 bits per heavy atom. The first-order valence-electron chi connectivity index (χ1n) is 10.4. The lowest BCUT2D eigenvalue weighted by molar-refractivity contribution is 0.0970. The number of carbonyl (C=O) groups excluding carboxylic acids is 2. The molecule has 0 radical (unpaired) electrons. The third-order valence-electron chi connectivity index (χ3n) is 5.90. The highest BCUT2D eigenvalue weighted by Crippen LogP contribution is 2.43. The van der Waals surface area contributed by atoms with Crippen molar-refractivity contribution in [2.45, 2.75) is 13.0 Å². The summed E-state index contributed by atoms with van der Waals surface area (Å²) in [6, 6.07) is 14.9. The number of nitrogens with zero attached hydrogens (tertiary/aromatic N) is 1. The summed E-state index contributed by atoms with van der Waals surface area (Å²) in [5.74, 6) is -0.574. The third kappa shape index (κ3) is 3.33. The molecule has 1 unspecified atom stereocenters. The minimum atomic E-state index is -0.861. The maximum absolute atomic E-state index is 13.6. The van der Waals surface area contributed by atoms with Gasteiger partial charge in [-0.1, -0.05) is 17.7 Å². The van der Waals surface area contributed by atoms with E-state index in [0.29, 0.717) is 21.8 Å². The number of benzene rings is 3. The Kier molecular flexibility index (Phi) is 5.14. The van der Waals surface area contributed by atoms with E-state index in [0.717, 1.165) is 0 Å². The first-order chi connectivity index (χ1) is 16.3. The molecule has 0 fully saturated rings. The van der Waals surface area contributed by atoms with Crippen LogP contribution in [0.2, 0.25) is 5.02 Å². The number of ketones is 1. The van der Waals surface area contributed by atoms with E-state index in [2.05, 4.69) is 0 Å². The molecule has 34 heavy (non-hydrogen) atoms. The van der Waals surface area contributed by atoms with E-state index in [-0.39, 0.29) is 45.0 Å². The number of halogens is 1. The Labute approximate surface area is 198 Å². The zero-order valence-electron chi connectivity index (χ0n) is 18.2. The van der Waals surface area contributed by atoms with Gasteiger partial charge in [0.05, 0.1) is 24.1 Å². The van der Waals surface area contributed by atoms with E-state index in [1.165, 1.54) is 31.1 Å². The fourth-order valence-corrected chi connectivity index (χ4v) is 4.42. The molecule has 0 spiro atoms. The molecule has 7 nitrogen and oxygen atoms in total. The number of anilines is 1. The third-order valence-corrected chi connectivity index (χ3v) is 6.14. The van der Waals surface area contributed by atoms with Crippen molar-refractivity contribution in [1.29, 1.82) is 0 Å². The quantitative estimate of drug-likeness (QED) is 0.412. The van der Waals surface area contributed by atoms with E-state index < -0.39 is 11.9 Å². The molecule has 0 bridgehead atoms. The predicted molar refractivity (Wildman–Crippen MR) is 127 cm³/mol. The summed E-state index contributed by atoms with van der Waals surface area (Å²) < 4.78 is 11.2. The highest BCUT2D eigenvalue weighted by molar-refractivity contribution is 6.31. The zero-order chi connectivity index (χ0) is 24.1. The van der Waals surface area contributed by atoms with Gasteiger partial charge in [0, 0.05) is 16.3 Å². The molecule has 2 heterocycles. The maximum atomic E-state index is 13.6. The maximum Gasteiger partial charge on any atom is 0.295 e. The number of hydrogen-bond acceptors (Lipinski definition) is 6. The van der Waals surface area contributed by atoms with Crippen molar-refractivity contribution in [2.24, 2.45) is 0 Å². The molecule has 8 heteroatoms. The van der Waals surface area contributed by atoms with Crippen LogP contribution in [-0.2, 0) is 0 Å². The standard InChI is InChI=1S/C26H18ClNO6/c1-13(29)14-3-7-17(8-4-14)28-23(15-5-9-19(30)21(11-15)33-2)22-24(31)18-12-16(27)6-10-20(18)34-25(22)26(28)32/h3-12,23,30H,1-2H3. The highest BCUT2D eigenvalue weighted by Gasteiger charge is 2.44. The molecule has 1 amide bonds. The van der Waals surface area contributed by atoms with Crippen molar-refractivity contribution >= 4 is 39.9 Å². The van der Waals surface area contributed by atoms with Crippen molar-refractivity contribution in [2.75, 3.05) is 12.0 Å². The Hall–Kier alpha value is -4.10. The van der Waals surface area contributed by atoms with Gasteiger partial charge in [-0.3, -0.25) is 19.3 Å². The van der Waals surface area contributed by atoms with Gasteiger partial charge in [0.2, 0.25) is 5.76 Å². The van der Waals surface area contributed by atoms with Gasteiger partial charge in [0.25, 0.3) is 5.91 Å². The summed E-state index contributed by atoms with van der Waals surface area (Å²) in [5, 5.41) is 10.7. The molecule has 0 saturated carbocycles. The van der Waals surface area contributed by atoms with E-state index in [1.54, 1.807) is 48.5 Å². The van der Waals surface area contributed by atoms with Gasteiger partial charge in [-0.15, -0.1) is 0 Å². The Balaban J connectivity index is 1.79. The fraction of sp³-hybridized carbons (Fsp3) is 0.115. The number of ether oxygens (including phenoxy) is 1. The number of Topliss-reactive ketones (excluding diaryl/α,β-unsaturated/α-hetero) is 1. The Bertz CT molecular complexity index is 1540. The molecule has 1 aliphatic rings. The van der Waals surface area contributed by atoms with E-state index in [1.807, 2.05) is 0 Å². The van der Waals surface area contributed by atoms with Crippen molar-refractivity contribution < 1.29 is 23.8 Å². The summed E-state index contributed by atoms with van der Waals surface area (Å²) in [6.07, 6.45) is 0. The monoisotopic (exact) mass is 475 g/mol. The molecule has 0 aliphatic carbocycles. The van der Waals surface area contributed by atoms with Crippen molar-refractivity contribution in [1.82, 2.24) is 0 Å². The van der Waals surface area contributed by atoms with Gasteiger partial charge in [-0.2, -0.15) is 0 Å². The second kappa shape index (κ2) is 8.04. The second-order valence-corrected chi connectivity index (χ2v) is 8.36. The number of phenols is 1. The predicted octanol–water partition coefficient (Wildman–Crippen LogP) is 5.11. The molecule has 1 aromatic heterocycles. The number of methoxy groups -OCH3 is 1. The average molecular weight is 476 g/mol. The normalized spacial score (nSPS) is 15.0. The minimum Gasteiger partial charge on any atom is -0.504 e. The lowest BCUT2D eigenvalue weighted by Crippen LogP contribution is -2.29. The second-order valence-electron chi connectivity index (χ2n) is 7.93. The molecular formula is C26H18ClNO6. The largest absolute Gasteiger partial charge is 0.504 e. The number of hydrogen-bond donors (Lipinski definition) is 1. The van der Waals surface area contributed by atoms with Crippen LogP contribution in [0.5, 0.6) is 11.5 Å². The summed E-state index contributed by atoms with van der Waals surface area (Å²) >= 11 is 6.12. The first kappa shape index (κ1) is 21.7. The van der Waals surface area contributed by atoms with Gasteiger partial charge in [-0.25, -0.2) is 0 Å². The van der Waals surface area contributed by atoms with Gasteiger partial charge in [-0.05, 0) is 67.1 Å². The number of rotatable bonds is 4. The van der Waals surface area contributed by atoms with Gasteiger partial charge in [0.15, 0.2) is 22.7 Å². The molecule has 0 saturated heterocycles. The number of carbonyl (C=O) groups is 2. The molecule has 5 rings (SSSR count). The van der Waals surface area contributed by atoms with Gasteiger partial charge in [0.1, 0.15) is 5.58 Å². The highest BCUT2D eigenvalue weighted by atomic mass is 35.5. The summed E-state index contributed by atoms with van der Waals surface area (Å²) in [5.41, 5.74) is 1.52. The smallest absolute Gasteiger partial charge is 0.295 e. The Morgan fingerprint density at radius 2 is 1.79 bits per heavy atom. The lowest BCUT2D eigenvalue weighted by Gasteiger charge is -2.25. The van der Waals surface area contributed by atoms with Crippen LogP contribution in [0.15, 0.2) is 69.9 Å². The molecular weight excluding hydrogens is 458 g/mol. The lowest BCUT2D eigenvalue weighted by atomic mass is 9.97. The van der Waals surface area contributed by atoms with Gasteiger partial charge >= 0.3 is 0 Å². The van der Waals surface area contributed by atoms with Crippen LogP contribution in [0.4, 0.5) is 5.69 Å². The van der Waals surface area contributed by atoms with Crippen LogP contribution in [0.3, 0.4) is 0 Å². The van der Waals surface area contributed by atoms with Crippen LogP contribution in [0, 0.1) is 0 Å². The van der Waals surface area contributed by atoms with Crippen LogP contribution in [0.1, 0.15) is 45.0 Å². The first-order valence-corrected chi connectivity index (χ1v) is 10.8. The zero-order valence-corrected chi connectivity index (χ0v) is 18.9. The van der Waals surface area contributed by atoms with Crippen LogP contribution >= 0.6 is 11.6 Å². The van der Waals surface area contributed by atoms with Crippen molar-refractivity contribution in [3.63, 3.8) is 0 Å². The van der Waals surface area contributed by atoms with Crippen molar-refractivity contribution in [3.8, 4) is 11.5 Å². The minimum absolute atomic E-state index is 0.0764. The molecule has 1 aliphatic heterocycles. The molecule has 4 aromatic rings. The van der Waals surface area contributed by atoms with Crippen molar-refractivity contribution in [3.05, 3.63) is 98.4 Å². The van der Waals surface area contributed by atoms with Crippen LogP contribution in [-0.4, -0.2) is 23.9 Å². The molecule has 3 aromatic carbocycles. The van der Waals surface area contributed by atoms with Gasteiger partial charge < -0.3 is 14.3 Å². The van der Waals surface area contributed by atoms with Crippen LogP contribution < -0.4 is 15.1 Å². The van der Waals surface area contributed by atoms with Crippen LogP contribution in [0.25, 0.3) is 11.0 Å². The Morgan fingerprint density at radius 1 is 1.06 bits per heavy atom. The molecule has 170 valence electrons.